The molecule has 2 aromatic rings. The third-order valence-corrected chi connectivity index (χ3v) is 2.90. The van der Waals surface area contributed by atoms with E-state index in [9.17, 15) is 0 Å². The molecule has 3 nitrogen and oxygen atoms in total. The van der Waals surface area contributed by atoms with E-state index >= 15 is 0 Å². The van der Waals surface area contributed by atoms with Gasteiger partial charge < -0.3 is 14.5 Å². The lowest BCUT2D eigenvalue weighted by atomic mass is 10.2. The van der Waals surface area contributed by atoms with Gasteiger partial charge in [0.1, 0.15) is 18.1 Å². The van der Waals surface area contributed by atoms with Crippen LogP contribution in [0.5, 0.6) is 5.75 Å². The predicted octanol–water partition coefficient (Wildman–Crippen LogP) is 3.67. The van der Waals surface area contributed by atoms with Crippen molar-refractivity contribution >= 4 is 0 Å². The lowest BCUT2D eigenvalue weighted by Gasteiger charge is -2.09. The number of hydrogen-bond donors (Lipinski definition) is 1. The highest BCUT2D eigenvalue weighted by Gasteiger charge is 2.07. The maximum atomic E-state index is 5.76. The molecule has 0 aliphatic heterocycles. The molecule has 2 rings (SSSR count). The topological polar surface area (TPSA) is 34.4 Å². The summed E-state index contributed by atoms with van der Waals surface area (Å²) in [5.74, 6) is 1.76. The van der Waals surface area contributed by atoms with Gasteiger partial charge in [-0.1, -0.05) is 26.0 Å². The van der Waals surface area contributed by atoms with E-state index in [0.29, 0.717) is 12.6 Å². The van der Waals surface area contributed by atoms with Crippen molar-refractivity contribution in [2.24, 2.45) is 0 Å². The third-order valence-electron chi connectivity index (χ3n) is 2.90. The predicted molar refractivity (Wildman–Crippen MR) is 76.2 cm³/mol. The van der Waals surface area contributed by atoms with Crippen LogP contribution in [0, 0.1) is 6.92 Å². The molecule has 3 heteroatoms. The minimum atomic E-state index is 0.459. The molecule has 19 heavy (non-hydrogen) atoms. The first-order valence-electron chi connectivity index (χ1n) is 6.63. The summed E-state index contributed by atoms with van der Waals surface area (Å²) in [5, 5.41) is 3.38. The lowest BCUT2D eigenvalue weighted by molar-refractivity contribution is 0.268. The van der Waals surface area contributed by atoms with Gasteiger partial charge in [0.15, 0.2) is 0 Å². The summed E-state index contributed by atoms with van der Waals surface area (Å²) in [7, 11) is 0. The van der Waals surface area contributed by atoms with Gasteiger partial charge in [0.2, 0.25) is 0 Å². The molecule has 0 fully saturated rings. The zero-order valence-electron chi connectivity index (χ0n) is 11.8. The van der Waals surface area contributed by atoms with Crippen LogP contribution in [0.2, 0.25) is 0 Å². The minimum Gasteiger partial charge on any atom is -0.486 e. The van der Waals surface area contributed by atoms with Crippen molar-refractivity contribution in [3.63, 3.8) is 0 Å². The van der Waals surface area contributed by atoms with Gasteiger partial charge in [-0.15, -0.1) is 0 Å². The van der Waals surface area contributed by atoms with E-state index < -0.39 is 0 Å². The molecule has 0 atom stereocenters. The third kappa shape index (κ3) is 4.14. The molecular formula is C16H21NO2. The average Bonchev–Trinajstić information content (AvgIpc) is 2.81. The maximum absolute atomic E-state index is 5.76. The fraction of sp³-hybridized carbons (Fsp3) is 0.375. The molecule has 0 aliphatic rings. The van der Waals surface area contributed by atoms with Crippen molar-refractivity contribution in [2.75, 3.05) is 0 Å². The molecule has 1 aromatic heterocycles. The van der Waals surface area contributed by atoms with Crippen LogP contribution < -0.4 is 10.1 Å². The van der Waals surface area contributed by atoms with E-state index in [1.165, 1.54) is 5.56 Å². The first kappa shape index (κ1) is 13.7. The van der Waals surface area contributed by atoms with E-state index in [1.54, 1.807) is 6.26 Å². The zero-order chi connectivity index (χ0) is 13.7. The van der Waals surface area contributed by atoms with E-state index in [0.717, 1.165) is 23.6 Å². The number of furan rings is 1. The van der Waals surface area contributed by atoms with E-state index in [4.69, 9.17) is 9.15 Å². The van der Waals surface area contributed by atoms with E-state index in [1.807, 2.05) is 24.3 Å². The molecular weight excluding hydrogens is 238 g/mol. The van der Waals surface area contributed by atoms with Crippen LogP contribution in [0.1, 0.15) is 30.7 Å². The fourth-order valence-electron chi connectivity index (χ4n) is 1.82. The second-order valence-corrected chi connectivity index (χ2v) is 5.01. The van der Waals surface area contributed by atoms with Crippen molar-refractivity contribution in [3.8, 4) is 5.75 Å². The quantitative estimate of drug-likeness (QED) is 0.859. The number of hydrogen-bond acceptors (Lipinski definition) is 3. The van der Waals surface area contributed by atoms with Gasteiger partial charge in [-0.05, 0) is 30.7 Å². The van der Waals surface area contributed by atoms with Gasteiger partial charge in [0.05, 0.1) is 6.26 Å². The van der Waals surface area contributed by atoms with Crippen LogP contribution in [0.15, 0.2) is 41.0 Å². The molecule has 0 bridgehead atoms. The fourth-order valence-corrected chi connectivity index (χ4v) is 1.82. The Morgan fingerprint density at radius 1 is 1.26 bits per heavy atom. The molecule has 0 saturated carbocycles. The second-order valence-electron chi connectivity index (χ2n) is 5.01. The first-order valence-corrected chi connectivity index (χ1v) is 6.63. The molecule has 0 unspecified atom stereocenters. The number of benzene rings is 1. The standard InChI is InChI=1S/C16H21NO2/c1-12(2)17-10-14-7-8-18-16(14)11-19-15-6-4-5-13(3)9-15/h4-9,12,17H,10-11H2,1-3H3. The highest BCUT2D eigenvalue weighted by Crippen LogP contribution is 2.17. The Labute approximate surface area is 114 Å². The Hall–Kier alpha value is -1.74. The molecule has 0 spiro atoms. The van der Waals surface area contributed by atoms with E-state index in [-0.39, 0.29) is 0 Å². The highest BCUT2D eigenvalue weighted by atomic mass is 16.5. The van der Waals surface area contributed by atoms with Crippen molar-refractivity contribution < 1.29 is 9.15 Å². The second kappa shape index (κ2) is 6.43. The summed E-state index contributed by atoms with van der Waals surface area (Å²) in [6, 6.07) is 10.5. The minimum absolute atomic E-state index is 0.459. The Morgan fingerprint density at radius 3 is 2.84 bits per heavy atom. The van der Waals surface area contributed by atoms with Gasteiger partial charge in [-0.2, -0.15) is 0 Å². The molecule has 1 aromatic carbocycles. The van der Waals surface area contributed by atoms with Gasteiger partial charge in [-0.3, -0.25) is 0 Å². The summed E-state index contributed by atoms with van der Waals surface area (Å²) >= 11 is 0. The highest BCUT2D eigenvalue weighted by molar-refractivity contribution is 5.28. The summed E-state index contributed by atoms with van der Waals surface area (Å²) in [4.78, 5) is 0. The monoisotopic (exact) mass is 259 g/mol. The van der Waals surface area contributed by atoms with Crippen LogP contribution >= 0.6 is 0 Å². The van der Waals surface area contributed by atoms with Gasteiger partial charge in [-0.25, -0.2) is 0 Å². The summed E-state index contributed by atoms with van der Waals surface area (Å²) in [6.45, 7) is 7.58. The Balaban J connectivity index is 1.94. The summed E-state index contributed by atoms with van der Waals surface area (Å²) in [6.07, 6.45) is 1.71. The van der Waals surface area contributed by atoms with Gasteiger partial charge in [0, 0.05) is 18.2 Å². The van der Waals surface area contributed by atoms with Crippen LogP contribution in [0.3, 0.4) is 0 Å². The van der Waals surface area contributed by atoms with Crippen LogP contribution in [-0.4, -0.2) is 6.04 Å². The molecule has 0 radical (unpaired) electrons. The molecule has 0 amide bonds. The average molecular weight is 259 g/mol. The van der Waals surface area contributed by atoms with E-state index in [2.05, 4.69) is 32.2 Å². The van der Waals surface area contributed by atoms with Crippen molar-refractivity contribution in [1.82, 2.24) is 5.32 Å². The normalized spacial score (nSPS) is 10.9. The Kier molecular flexibility index (Phi) is 4.63. The molecule has 1 heterocycles. The zero-order valence-corrected chi connectivity index (χ0v) is 11.8. The van der Waals surface area contributed by atoms with Crippen LogP contribution in [-0.2, 0) is 13.2 Å². The lowest BCUT2D eigenvalue weighted by Crippen LogP contribution is -2.22. The van der Waals surface area contributed by atoms with Crippen LogP contribution in [0.4, 0.5) is 0 Å². The first-order chi connectivity index (χ1) is 9.15. The van der Waals surface area contributed by atoms with Gasteiger partial charge >= 0.3 is 0 Å². The number of nitrogens with one attached hydrogen (secondary N) is 1. The van der Waals surface area contributed by atoms with Crippen LogP contribution in [0.25, 0.3) is 0 Å². The number of ether oxygens (including phenoxy) is 1. The maximum Gasteiger partial charge on any atom is 0.146 e. The van der Waals surface area contributed by atoms with Crippen molar-refractivity contribution in [1.29, 1.82) is 0 Å². The largest absolute Gasteiger partial charge is 0.486 e. The number of aryl methyl sites for hydroxylation is 1. The Bertz CT molecular complexity index is 517. The Morgan fingerprint density at radius 2 is 2.11 bits per heavy atom. The van der Waals surface area contributed by atoms with Crippen molar-refractivity contribution in [3.05, 3.63) is 53.5 Å². The molecule has 1 N–H and O–H groups in total. The molecule has 0 saturated heterocycles. The summed E-state index contributed by atoms with van der Waals surface area (Å²) in [5.41, 5.74) is 2.35. The SMILES string of the molecule is Cc1cccc(OCc2occc2CNC(C)C)c1. The smallest absolute Gasteiger partial charge is 0.146 e. The molecule has 0 aliphatic carbocycles. The number of rotatable bonds is 6. The van der Waals surface area contributed by atoms with Crippen molar-refractivity contribution in [2.45, 2.75) is 40.0 Å². The van der Waals surface area contributed by atoms with Gasteiger partial charge in [0.25, 0.3) is 0 Å². The summed E-state index contributed by atoms with van der Waals surface area (Å²) < 4.78 is 11.2. The molecule has 102 valence electrons.